The van der Waals surface area contributed by atoms with Gasteiger partial charge in [-0.05, 0) is 50.8 Å². The van der Waals surface area contributed by atoms with E-state index in [0.717, 1.165) is 24.6 Å². The summed E-state index contributed by atoms with van der Waals surface area (Å²) in [5.41, 5.74) is 2.32. The molecule has 5 heteroatoms. The Labute approximate surface area is 147 Å². The van der Waals surface area contributed by atoms with E-state index in [2.05, 4.69) is 44.6 Å². The maximum absolute atomic E-state index is 4.36. The summed E-state index contributed by atoms with van der Waals surface area (Å²) in [6.07, 6.45) is 7.92. The highest BCUT2D eigenvalue weighted by molar-refractivity contribution is 5.79. The van der Waals surface area contributed by atoms with E-state index in [-0.39, 0.29) is 0 Å². The molecule has 0 atom stereocenters. The van der Waals surface area contributed by atoms with Gasteiger partial charge in [-0.3, -0.25) is 9.98 Å². The summed E-state index contributed by atoms with van der Waals surface area (Å²) >= 11 is 0. The van der Waals surface area contributed by atoms with Crippen LogP contribution < -0.4 is 10.6 Å². The summed E-state index contributed by atoms with van der Waals surface area (Å²) in [5, 5.41) is 7.00. The minimum Gasteiger partial charge on any atom is -0.356 e. The molecule has 1 aliphatic rings. The van der Waals surface area contributed by atoms with Crippen molar-refractivity contribution in [2.24, 2.45) is 4.99 Å². The summed E-state index contributed by atoms with van der Waals surface area (Å²) in [5.74, 6) is 0.919. The van der Waals surface area contributed by atoms with Gasteiger partial charge >= 0.3 is 0 Å². The molecule has 1 aliphatic heterocycles. The van der Waals surface area contributed by atoms with Gasteiger partial charge in [-0.1, -0.05) is 19.4 Å². The summed E-state index contributed by atoms with van der Waals surface area (Å²) in [4.78, 5) is 11.3. The predicted octanol–water partition coefficient (Wildman–Crippen LogP) is 2.36. The molecule has 2 rings (SSSR count). The molecule has 0 unspecified atom stereocenters. The number of rotatable bonds is 7. The Kier molecular flexibility index (Phi) is 8.02. The third-order valence-corrected chi connectivity index (χ3v) is 4.66. The van der Waals surface area contributed by atoms with Crippen LogP contribution in [0.5, 0.6) is 0 Å². The van der Waals surface area contributed by atoms with Crippen molar-refractivity contribution in [3.05, 3.63) is 29.6 Å². The number of pyridine rings is 1. The van der Waals surface area contributed by atoms with Crippen LogP contribution in [-0.2, 0) is 6.42 Å². The first kappa shape index (κ1) is 18.7. The lowest BCUT2D eigenvalue weighted by Gasteiger charge is -2.33. The Hall–Kier alpha value is -1.62. The van der Waals surface area contributed by atoms with Gasteiger partial charge in [0.05, 0.1) is 0 Å². The highest BCUT2D eigenvalue weighted by atomic mass is 15.2. The van der Waals surface area contributed by atoms with Crippen molar-refractivity contribution < 1.29 is 0 Å². The van der Waals surface area contributed by atoms with Crippen molar-refractivity contribution in [3.8, 4) is 0 Å². The number of guanidine groups is 1. The molecule has 0 saturated carbocycles. The van der Waals surface area contributed by atoms with Crippen LogP contribution in [0.15, 0.2) is 23.3 Å². The number of piperidine rings is 1. The fourth-order valence-corrected chi connectivity index (χ4v) is 3.04. The van der Waals surface area contributed by atoms with Gasteiger partial charge in [0.2, 0.25) is 0 Å². The number of nitrogens with one attached hydrogen (secondary N) is 2. The fourth-order valence-electron chi connectivity index (χ4n) is 3.04. The molecule has 0 aliphatic carbocycles. The number of hydrogen-bond acceptors (Lipinski definition) is 3. The molecule has 1 aromatic rings. The zero-order valence-electron chi connectivity index (χ0n) is 15.5. The second-order valence-corrected chi connectivity index (χ2v) is 6.67. The highest BCUT2D eigenvalue weighted by Crippen LogP contribution is 2.11. The van der Waals surface area contributed by atoms with Crippen molar-refractivity contribution >= 4 is 5.96 Å². The van der Waals surface area contributed by atoms with Crippen LogP contribution in [0.3, 0.4) is 0 Å². The Bertz CT molecular complexity index is 489. The van der Waals surface area contributed by atoms with Crippen molar-refractivity contribution in [3.63, 3.8) is 0 Å². The van der Waals surface area contributed by atoms with E-state index in [4.69, 9.17) is 0 Å². The molecular formula is C19H33N5. The molecule has 1 aromatic heterocycles. The van der Waals surface area contributed by atoms with Crippen LogP contribution in [0, 0.1) is 6.92 Å². The molecule has 2 heterocycles. The van der Waals surface area contributed by atoms with Crippen LogP contribution >= 0.6 is 0 Å². The van der Waals surface area contributed by atoms with E-state index < -0.39 is 0 Å². The summed E-state index contributed by atoms with van der Waals surface area (Å²) in [6, 6.07) is 4.75. The number of aryl methyl sites for hydroxylation is 1. The standard InChI is InChI=1S/C19H33N5/c1-4-5-12-24-13-9-18(10-14-24)23-19(20-3)21-11-8-17-7-6-16(2)22-15-17/h6-7,15,18H,4-5,8-14H2,1-3H3,(H2,20,21,23). The largest absolute Gasteiger partial charge is 0.356 e. The third-order valence-electron chi connectivity index (χ3n) is 4.66. The highest BCUT2D eigenvalue weighted by Gasteiger charge is 2.19. The second-order valence-electron chi connectivity index (χ2n) is 6.67. The van der Waals surface area contributed by atoms with Gasteiger partial charge < -0.3 is 15.5 Å². The molecule has 0 aromatic carbocycles. The van der Waals surface area contributed by atoms with Gasteiger partial charge in [0.1, 0.15) is 0 Å². The third kappa shape index (κ3) is 6.48. The normalized spacial score (nSPS) is 17.0. The number of hydrogen-bond donors (Lipinski definition) is 2. The van der Waals surface area contributed by atoms with Crippen LogP contribution in [0.4, 0.5) is 0 Å². The van der Waals surface area contributed by atoms with Gasteiger partial charge in [0.15, 0.2) is 5.96 Å². The first-order valence-electron chi connectivity index (χ1n) is 9.32. The van der Waals surface area contributed by atoms with Crippen LogP contribution in [0.25, 0.3) is 0 Å². The molecule has 134 valence electrons. The van der Waals surface area contributed by atoms with Gasteiger partial charge in [-0.25, -0.2) is 0 Å². The molecule has 5 nitrogen and oxygen atoms in total. The van der Waals surface area contributed by atoms with Crippen molar-refractivity contribution in [1.82, 2.24) is 20.5 Å². The molecule has 1 saturated heterocycles. The molecule has 0 spiro atoms. The van der Waals surface area contributed by atoms with Crippen molar-refractivity contribution in [2.45, 2.75) is 52.0 Å². The quantitative estimate of drug-likeness (QED) is 0.595. The first-order valence-corrected chi connectivity index (χ1v) is 9.32. The Morgan fingerprint density at radius 3 is 2.75 bits per heavy atom. The predicted molar refractivity (Wildman–Crippen MR) is 102 cm³/mol. The van der Waals surface area contributed by atoms with Gasteiger partial charge in [-0.2, -0.15) is 0 Å². The van der Waals surface area contributed by atoms with Gasteiger partial charge in [0.25, 0.3) is 0 Å². The Balaban J connectivity index is 1.66. The van der Waals surface area contributed by atoms with E-state index in [1.165, 1.54) is 50.9 Å². The number of aliphatic imine (C=N–C) groups is 1. The Morgan fingerprint density at radius 2 is 2.12 bits per heavy atom. The van der Waals surface area contributed by atoms with Crippen molar-refractivity contribution in [2.75, 3.05) is 33.2 Å². The summed E-state index contributed by atoms with van der Waals surface area (Å²) < 4.78 is 0. The fraction of sp³-hybridized carbons (Fsp3) is 0.684. The number of nitrogens with zero attached hydrogens (tertiary/aromatic N) is 3. The average Bonchev–Trinajstić information content (AvgIpc) is 2.62. The summed E-state index contributed by atoms with van der Waals surface area (Å²) in [6.45, 7) is 8.80. The Morgan fingerprint density at radius 1 is 1.33 bits per heavy atom. The molecule has 24 heavy (non-hydrogen) atoms. The first-order chi connectivity index (χ1) is 11.7. The lowest BCUT2D eigenvalue weighted by molar-refractivity contribution is 0.203. The zero-order valence-corrected chi connectivity index (χ0v) is 15.5. The van der Waals surface area contributed by atoms with Crippen LogP contribution in [0.1, 0.15) is 43.9 Å². The monoisotopic (exact) mass is 331 g/mol. The van der Waals surface area contributed by atoms with Crippen LogP contribution in [0.2, 0.25) is 0 Å². The minimum atomic E-state index is 0.537. The maximum Gasteiger partial charge on any atom is 0.191 e. The number of aromatic nitrogens is 1. The van der Waals surface area contributed by atoms with E-state index >= 15 is 0 Å². The molecule has 0 radical (unpaired) electrons. The lowest BCUT2D eigenvalue weighted by atomic mass is 10.0. The zero-order chi connectivity index (χ0) is 17.2. The average molecular weight is 332 g/mol. The molecular weight excluding hydrogens is 298 g/mol. The van der Waals surface area contributed by atoms with Gasteiger partial charge in [0, 0.05) is 44.6 Å². The van der Waals surface area contributed by atoms with E-state index in [1.54, 1.807) is 0 Å². The van der Waals surface area contributed by atoms with E-state index in [0.29, 0.717) is 6.04 Å². The number of unbranched alkanes of at least 4 members (excludes halogenated alkanes) is 1. The van der Waals surface area contributed by atoms with E-state index in [9.17, 15) is 0 Å². The van der Waals surface area contributed by atoms with Crippen molar-refractivity contribution in [1.29, 1.82) is 0 Å². The molecule has 2 N–H and O–H groups in total. The SMILES string of the molecule is CCCCN1CCC(NC(=NC)NCCc2ccc(C)nc2)CC1. The van der Waals surface area contributed by atoms with Crippen LogP contribution in [-0.4, -0.2) is 55.1 Å². The minimum absolute atomic E-state index is 0.537. The number of likely N-dealkylation sites (tertiary alicyclic amines) is 1. The van der Waals surface area contributed by atoms with E-state index in [1.807, 2.05) is 20.2 Å². The summed E-state index contributed by atoms with van der Waals surface area (Å²) in [7, 11) is 1.85. The second kappa shape index (κ2) is 10.3. The van der Waals surface area contributed by atoms with Gasteiger partial charge in [-0.15, -0.1) is 0 Å². The molecule has 1 fully saturated rings. The topological polar surface area (TPSA) is 52.5 Å². The molecule has 0 amide bonds. The molecule has 0 bridgehead atoms. The maximum atomic E-state index is 4.36. The smallest absolute Gasteiger partial charge is 0.191 e. The lowest BCUT2D eigenvalue weighted by Crippen LogP contribution is -2.49.